The number of carbonyl (C=O) groups is 4. The van der Waals surface area contributed by atoms with Gasteiger partial charge in [-0.15, -0.1) is 69.6 Å². The highest BCUT2D eigenvalue weighted by Gasteiger charge is 2.14. The lowest BCUT2D eigenvalue weighted by Gasteiger charge is -1.98. The van der Waals surface area contributed by atoms with E-state index in [9.17, 15) is 19.2 Å². The molecule has 6 heterocycles. The largest absolute Gasteiger partial charge is 0.361 e. The quantitative estimate of drug-likeness (QED) is 0.0130. The molecule has 6 aromatic carbocycles. The van der Waals surface area contributed by atoms with Crippen LogP contribution in [0.1, 0.15) is 123 Å². The Hall–Kier alpha value is -9.50. The molecular formula is C80H78Cl8N12O4. The number of fused-ring (bicyclic) bond motifs is 6. The van der Waals surface area contributed by atoms with Gasteiger partial charge in [0.2, 0.25) is 10.5 Å². The normalized spacial score (nSPS) is 9.92. The highest BCUT2D eigenvalue weighted by atomic mass is 35.5. The number of ketones is 2. The summed E-state index contributed by atoms with van der Waals surface area (Å²) >= 11 is 42.9. The van der Waals surface area contributed by atoms with Crippen molar-refractivity contribution in [3.05, 3.63) is 249 Å². The number of hydrogen-bond acceptors (Lipinski definition) is 4. The van der Waals surface area contributed by atoms with Gasteiger partial charge in [-0.2, -0.15) is 0 Å². The first-order valence-corrected chi connectivity index (χ1v) is 37.1. The number of aryl methyl sites for hydroxylation is 2. The van der Waals surface area contributed by atoms with E-state index >= 15 is 0 Å². The van der Waals surface area contributed by atoms with E-state index in [2.05, 4.69) is 59.0 Å². The molecule has 24 heteroatoms. The van der Waals surface area contributed by atoms with Gasteiger partial charge in [0.15, 0.2) is 45.7 Å². The molecule has 0 aliphatic heterocycles. The second kappa shape index (κ2) is 50.0. The van der Waals surface area contributed by atoms with Crippen molar-refractivity contribution < 1.29 is 19.2 Å². The van der Waals surface area contributed by atoms with E-state index in [1.165, 1.54) is 21.9 Å². The van der Waals surface area contributed by atoms with Crippen LogP contribution in [0.3, 0.4) is 0 Å². The van der Waals surface area contributed by atoms with E-state index in [-0.39, 0.29) is 22.1 Å². The van der Waals surface area contributed by atoms with Gasteiger partial charge in [-0.1, -0.05) is 50.2 Å². The second-order valence-electron chi connectivity index (χ2n) is 22.1. The Bertz CT molecular complexity index is 4640. The predicted octanol–water partition coefficient (Wildman–Crippen LogP) is 26.4. The topological polar surface area (TPSA) is 189 Å². The monoisotopic (exact) mass is 1550 g/mol. The Morgan fingerprint density at radius 3 is 0.875 bits per heavy atom. The van der Waals surface area contributed by atoms with Crippen molar-refractivity contribution >= 4 is 214 Å². The summed E-state index contributed by atoms with van der Waals surface area (Å²) in [5, 5.41) is 5.56. The number of carbonyl (C=O) groups excluding carboxylic acids is 4. The first-order chi connectivity index (χ1) is 50.5. The SMILES string of the molecule is CC.O=C(Cl)CCCCl.O=C(Cl)CCCCl.[C-]#[N+]c1ccc2[nH]cc(C(=O)CCCCl)c2c1.[C-]#[N+]c1ccc2[nH]cc(C(=O)CCCCl)c2c1.[C-]#[N+]c1ccc2[nH]cc(CCCCCl)c2c1.[C-]#[N+]c1ccc2[nH]cc(CCCCCl)c2c1.[C-]#[N+]c1ccc2[nH]ccc2c1.[C-]#[N+]c1ccc2[nH]ccc2c1. The van der Waals surface area contributed by atoms with Gasteiger partial charge in [-0.3, -0.25) is 19.2 Å². The van der Waals surface area contributed by atoms with Gasteiger partial charge in [0.05, 0.1) is 39.4 Å². The number of unbranched alkanes of at least 4 members (excludes halogenated alkanes) is 2. The standard InChI is InChI=1S/2C13H11ClN2O.2C13H13ClN2.2C9H6N2.2C4H6Cl2O.C2H6/c2*1-15-9-4-5-12-10(7-9)11(8-16-12)13(17)3-2-6-14;2*1-15-11-5-6-13-12(8-11)10(9-16-13)4-2-3-7-14;2*1-10-8-2-3-9-7(6-8)4-5-11-9;2*5-3-1-2-4(6)7;1-2/h2*4-5,7-8,16H,2-3,6H2;2*5-6,8-9,16H,2-4,7H2;2*2-6,11H;2*1-3H2;1-2H3. The van der Waals surface area contributed by atoms with Crippen LogP contribution in [0.2, 0.25) is 0 Å². The van der Waals surface area contributed by atoms with E-state index in [0.717, 1.165) is 105 Å². The molecule has 16 nitrogen and oxygen atoms in total. The average molecular weight is 1560 g/mol. The zero-order chi connectivity index (χ0) is 76.0. The zero-order valence-electron chi connectivity index (χ0n) is 57.5. The lowest BCUT2D eigenvalue weighted by Crippen LogP contribution is -1.97. The summed E-state index contributed by atoms with van der Waals surface area (Å²) in [4.78, 5) is 82.7. The molecule has 12 rings (SSSR count). The molecule has 0 saturated carbocycles. The molecule has 6 N–H and O–H groups in total. The van der Waals surface area contributed by atoms with Crippen molar-refractivity contribution in [3.8, 4) is 0 Å². The number of hydrogen-bond donors (Lipinski definition) is 6. The molecule has 104 heavy (non-hydrogen) atoms. The molecule has 0 atom stereocenters. The van der Waals surface area contributed by atoms with Gasteiger partial charge in [-0.25, -0.2) is 29.1 Å². The summed E-state index contributed by atoms with van der Waals surface area (Å²) in [5.74, 6) is 3.57. The number of H-pyrrole nitrogens is 6. The summed E-state index contributed by atoms with van der Waals surface area (Å²) in [7, 11) is 0. The molecule has 0 aliphatic carbocycles. The molecule has 0 radical (unpaired) electrons. The Balaban J connectivity index is 0.000000255. The van der Waals surface area contributed by atoms with E-state index in [1.807, 2.05) is 136 Å². The predicted molar refractivity (Wildman–Crippen MR) is 436 cm³/mol. The zero-order valence-corrected chi connectivity index (χ0v) is 63.5. The first-order valence-electron chi connectivity index (χ1n) is 33.2. The molecular weight excluding hydrogens is 1480 g/mol. The van der Waals surface area contributed by atoms with E-state index in [0.29, 0.717) is 120 Å². The molecule has 0 spiro atoms. The lowest BCUT2D eigenvalue weighted by atomic mass is 10.1. The van der Waals surface area contributed by atoms with Crippen LogP contribution in [0, 0.1) is 39.4 Å². The molecule has 0 amide bonds. The van der Waals surface area contributed by atoms with Gasteiger partial charge >= 0.3 is 0 Å². The number of Topliss-reactive ketones (excluding diaryl/α,β-unsaturated/α-hetero) is 2. The fourth-order valence-corrected chi connectivity index (χ4v) is 11.1. The number of nitrogens with zero attached hydrogens (tertiary/aromatic N) is 6. The molecule has 0 bridgehead atoms. The Morgan fingerprint density at radius 1 is 0.317 bits per heavy atom. The first kappa shape index (κ1) is 86.9. The van der Waals surface area contributed by atoms with Crippen molar-refractivity contribution in [2.75, 3.05) is 35.3 Å². The average Bonchev–Trinajstić information content (AvgIpc) is 1.68. The maximum atomic E-state index is 11.9. The Labute approximate surface area is 646 Å². The fraction of sp³-hybridized carbons (Fsp3) is 0.275. The summed E-state index contributed by atoms with van der Waals surface area (Å²) in [6.45, 7) is 45.5. The van der Waals surface area contributed by atoms with Crippen LogP contribution in [0.15, 0.2) is 159 Å². The number of benzene rings is 6. The summed E-state index contributed by atoms with van der Waals surface area (Å²) in [6.07, 6.45) is 21.9. The van der Waals surface area contributed by atoms with Crippen LogP contribution < -0.4 is 0 Å². The van der Waals surface area contributed by atoms with Gasteiger partial charge in [-0.05, 0) is 216 Å². The maximum absolute atomic E-state index is 11.9. The molecule has 0 aliphatic rings. The molecule has 6 aromatic heterocycles. The van der Waals surface area contributed by atoms with Crippen LogP contribution in [-0.4, -0.2) is 87.2 Å². The lowest BCUT2D eigenvalue weighted by molar-refractivity contribution is -0.112. The number of rotatable bonds is 22. The van der Waals surface area contributed by atoms with Gasteiger partial charge in [0, 0.05) is 142 Å². The van der Waals surface area contributed by atoms with Crippen LogP contribution in [0.25, 0.3) is 94.5 Å². The van der Waals surface area contributed by atoms with E-state index in [4.69, 9.17) is 132 Å². The Morgan fingerprint density at radius 2 is 0.587 bits per heavy atom. The van der Waals surface area contributed by atoms with Crippen molar-refractivity contribution in [2.24, 2.45) is 0 Å². The highest BCUT2D eigenvalue weighted by molar-refractivity contribution is 6.63. The van der Waals surface area contributed by atoms with Crippen LogP contribution >= 0.6 is 92.8 Å². The second-order valence-corrected chi connectivity index (χ2v) is 25.3. The number of aromatic nitrogens is 6. The van der Waals surface area contributed by atoms with Gasteiger partial charge < -0.3 is 29.9 Å². The third-order valence-electron chi connectivity index (χ3n) is 15.0. The minimum atomic E-state index is -0.305. The molecule has 0 unspecified atom stereocenters. The minimum absolute atomic E-state index is 0.0685. The number of nitrogens with one attached hydrogen (secondary N) is 6. The van der Waals surface area contributed by atoms with Crippen molar-refractivity contribution in [2.45, 2.75) is 104 Å². The molecule has 0 saturated heterocycles. The molecule has 12 aromatic rings. The van der Waals surface area contributed by atoms with Gasteiger partial charge in [0.25, 0.3) is 0 Å². The van der Waals surface area contributed by atoms with Gasteiger partial charge in [0.1, 0.15) is 0 Å². The highest BCUT2D eigenvalue weighted by Crippen LogP contribution is 2.30. The maximum Gasteiger partial charge on any atom is 0.221 e. The van der Waals surface area contributed by atoms with E-state index in [1.54, 1.807) is 36.7 Å². The summed E-state index contributed by atoms with van der Waals surface area (Å²) in [6, 6.07) is 37.3. The van der Waals surface area contributed by atoms with Crippen LogP contribution in [0.4, 0.5) is 34.1 Å². The van der Waals surface area contributed by atoms with E-state index < -0.39 is 0 Å². The number of halogens is 8. The minimum Gasteiger partial charge on any atom is -0.361 e. The smallest absolute Gasteiger partial charge is 0.221 e. The summed E-state index contributed by atoms with van der Waals surface area (Å²) in [5.41, 5.74) is 13.9. The Kier molecular flexibility index (Phi) is 41.8. The number of alkyl halides is 6. The third kappa shape index (κ3) is 29.3. The fourth-order valence-electron chi connectivity index (χ4n) is 9.88. The van der Waals surface area contributed by atoms with Crippen LogP contribution in [0.5, 0.6) is 0 Å². The van der Waals surface area contributed by atoms with Crippen molar-refractivity contribution in [3.63, 3.8) is 0 Å². The molecule has 0 fully saturated rings. The molecule has 538 valence electrons. The third-order valence-corrected chi connectivity index (χ3v) is 17.0. The number of aromatic amines is 6. The van der Waals surface area contributed by atoms with Crippen molar-refractivity contribution in [1.29, 1.82) is 0 Å². The van der Waals surface area contributed by atoms with Crippen LogP contribution in [-0.2, 0) is 22.4 Å². The summed E-state index contributed by atoms with van der Waals surface area (Å²) < 4.78 is 0. The van der Waals surface area contributed by atoms with Crippen molar-refractivity contribution in [1.82, 2.24) is 29.9 Å².